The highest BCUT2D eigenvalue weighted by Gasteiger charge is 2.24. The van der Waals surface area contributed by atoms with Gasteiger partial charge in [-0.1, -0.05) is 12.2 Å². The van der Waals surface area contributed by atoms with Crippen LogP contribution in [0.25, 0.3) is 0 Å². The molecule has 4 N–H and O–H groups in total. The van der Waals surface area contributed by atoms with Crippen molar-refractivity contribution in [1.29, 1.82) is 0 Å². The first kappa shape index (κ1) is 7.91. The van der Waals surface area contributed by atoms with Crippen LogP contribution in [0.3, 0.4) is 0 Å². The van der Waals surface area contributed by atoms with Crippen LogP contribution in [0.1, 0.15) is 6.42 Å². The maximum atomic E-state index is 9.31. The van der Waals surface area contributed by atoms with Gasteiger partial charge in [-0.05, 0) is 13.0 Å². The van der Waals surface area contributed by atoms with Crippen LogP contribution in [0.2, 0.25) is 0 Å². The second-order valence-corrected chi connectivity index (χ2v) is 3.04. The monoisotopic (exact) mass is 160 g/mol. The first-order chi connectivity index (χ1) is 4.72. The summed E-state index contributed by atoms with van der Waals surface area (Å²) in [5, 5.41) is 12.4. The van der Waals surface area contributed by atoms with Gasteiger partial charge in [-0.3, -0.25) is 0 Å². The third-order valence-corrected chi connectivity index (χ3v) is 2.12. The number of thiocarbonyl (C=S) groups is 1. The number of nitrogens with one attached hydrogen (secondary N) is 1. The molecule has 0 radical (unpaired) electrons. The van der Waals surface area contributed by atoms with Gasteiger partial charge < -0.3 is 16.2 Å². The van der Waals surface area contributed by atoms with E-state index in [0.717, 1.165) is 13.0 Å². The van der Waals surface area contributed by atoms with Gasteiger partial charge in [0.1, 0.15) is 0 Å². The molecule has 10 heavy (non-hydrogen) atoms. The zero-order valence-electron chi connectivity index (χ0n) is 5.71. The zero-order valence-corrected chi connectivity index (χ0v) is 6.53. The minimum absolute atomic E-state index is 0.0243. The molecule has 0 bridgehead atoms. The maximum absolute atomic E-state index is 9.31. The van der Waals surface area contributed by atoms with Crippen LogP contribution in [0.15, 0.2) is 0 Å². The number of aliphatic hydroxyl groups is 1. The smallest absolute Gasteiger partial charge is 0.0785 e. The minimum Gasteiger partial charge on any atom is -0.393 e. The molecule has 0 aliphatic carbocycles. The largest absolute Gasteiger partial charge is 0.393 e. The molecule has 1 aliphatic heterocycles. The van der Waals surface area contributed by atoms with E-state index in [9.17, 15) is 5.11 Å². The highest BCUT2D eigenvalue weighted by molar-refractivity contribution is 7.80. The molecule has 0 aromatic carbocycles. The number of β-amino-alcohol motifs (C(OH)–C–C–N with tert-alkyl or cyclic N) is 1. The van der Waals surface area contributed by atoms with Crippen molar-refractivity contribution < 1.29 is 5.11 Å². The van der Waals surface area contributed by atoms with Gasteiger partial charge in [0.15, 0.2) is 0 Å². The standard InChI is InChI=1S/C6H12N2OS/c7-6(10)4-1-2-8-3-5(4)9/h4-5,8-9H,1-3H2,(H2,7,10). The summed E-state index contributed by atoms with van der Waals surface area (Å²) in [5.41, 5.74) is 5.40. The van der Waals surface area contributed by atoms with E-state index in [1.54, 1.807) is 0 Å². The van der Waals surface area contributed by atoms with Crippen LogP contribution in [0, 0.1) is 5.92 Å². The lowest BCUT2D eigenvalue weighted by molar-refractivity contribution is 0.114. The molecule has 0 spiro atoms. The highest BCUT2D eigenvalue weighted by atomic mass is 32.1. The molecule has 58 valence electrons. The van der Waals surface area contributed by atoms with Crippen molar-refractivity contribution in [2.45, 2.75) is 12.5 Å². The number of nitrogens with two attached hydrogens (primary N) is 1. The molecule has 4 heteroatoms. The van der Waals surface area contributed by atoms with E-state index in [1.807, 2.05) is 0 Å². The Bertz CT molecular complexity index is 140. The van der Waals surface area contributed by atoms with Gasteiger partial charge in [-0.25, -0.2) is 0 Å². The van der Waals surface area contributed by atoms with Gasteiger partial charge in [0.05, 0.1) is 11.1 Å². The third-order valence-electron chi connectivity index (χ3n) is 1.82. The van der Waals surface area contributed by atoms with Crippen molar-refractivity contribution >= 4 is 17.2 Å². The van der Waals surface area contributed by atoms with E-state index in [1.165, 1.54) is 0 Å². The quantitative estimate of drug-likeness (QED) is 0.441. The molecule has 1 aliphatic rings. The normalized spacial score (nSPS) is 33.7. The highest BCUT2D eigenvalue weighted by Crippen LogP contribution is 2.11. The lowest BCUT2D eigenvalue weighted by Gasteiger charge is -2.27. The molecule has 1 rings (SSSR count). The Morgan fingerprint density at radius 3 is 2.80 bits per heavy atom. The van der Waals surface area contributed by atoms with E-state index in [2.05, 4.69) is 5.32 Å². The number of piperidine rings is 1. The zero-order chi connectivity index (χ0) is 7.56. The van der Waals surface area contributed by atoms with Gasteiger partial charge in [-0.15, -0.1) is 0 Å². The summed E-state index contributed by atoms with van der Waals surface area (Å²) in [6, 6.07) is 0. The predicted molar refractivity (Wildman–Crippen MR) is 43.8 cm³/mol. The van der Waals surface area contributed by atoms with Crippen LogP contribution in [0.4, 0.5) is 0 Å². The van der Waals surface area contributed by atoms with Crippen molar-refractivity contribution in [3.63, 3.8) is 0 Å². The summed E-state index contributed by atoms with van der Waals surface area (Å²) < 4.78 is 0. The van der Waals surface area contributed by atoms with E-state index < -0.39 is 0 Å². The van der Waals surface area contributed by atoms with Crippen LogP contribution >= 0.6 is 12.2 Å². The van der Waals surface area contributed by atoms with Gasteiger partial charge in [0, 0.05) is 12.5 Å². The third kappa shape index (κ3) is 1.65. The van der Waals surface area contributed by atoms with Crippen molar-refractivity contribution in [1.82, 2.24) is 5.32 Å². The fourth-order valence-corrected chi connectivity index (χ4v) is 1.45. The second-order valence-electron chi connectivity index (χ2n) is 2.57. The van der Waals surface area contributed by atoms with Crippen molar-refractivity contribution in [2.24, 2.45) is 11.7 Å². The number of hydrogen-bond acceptors (Lipinski definition) is 3. The average Bonchev–Trinajstić information content (AvgIpc) is 1.88. The van der Waals surface area contributed by atoms with Crippen molar-refractivity contribution in [2.75, 3.05) is 13.1 Å². The molecule has 2 unspecified atom stereocenters. The van der Waals surface area contributed by atoms with Crippen molar-refractivity contribution in [3.8, 4) is 0 Å². The molecule has 0 amide bonds. The number of aliphatic hydroxyl groups excluding tert-OH is 1. The Kier molecular flexibility index (Phi) is 2.59. The van der Waals surface area contributed by atoms with Crippen molar-refractivity contribution in [3.05, 3.63) is 0 Å². The summed E-state index contributed by atoms with van der Waals surface area (Å²) in [6.45, 7) is 1.51. The average molecular weight is 160 g/mol. The topological polar surface area (TPSA) is 58.3 Å². The molecule has 3 nitrogen and oxygen atoms in total. The molecular weight excluding hydrogens is 148 g/mol. The van der Waals surface area contributed by atoms with Gasteiger partial charge in [-0.2, -0.15) is 0 Å². The second kappa shape index (κ2) is 3.27. The lowest BCUT2D eigenvalue weighted by Crippen LogP contribution is -2.45. The van der Waals surface area contributed by atoms with Crippen LogP contribution in [-0.2, 0) is 0 Å². The van der Waals surface area contributed by atoms with Gasteiger partial charge in [0.25, 0.3) is 0 Å². The van der Waals surface area contributed by atoms with Crippen LogP contribution < -0.4 is 11.1 Å². The Labute approximate surface area is 65.6 Å². The fourth-order valence-electron chi connectivity index (χ4n) is 1.17. The Morgan fingerprint density at radius 2 is 2.40 bits per heavy atom. The summed E-state index contributed by atoms with van der Waals surface area (Å²) in [6.07, 6.45) is 0.475. The molecule has 0 saturated carbocycles. The maximum Gasteiger partial charge on any atom is 0.0785 e. The number of hydrogen-bond donors (Lipinski definition) is 3. The SMILES string of the molecule is NC(=S)C1CCNCC1O. The Morgan fingerprint density at radius 1 is 1.70 bits per heavy atom. The summed E-state index contributed by atoms with van der Waals surface area (Å²) in [7, 11) is 0. The van der Waals surface area contributed by atoms with E-state index in [-0.39, 0.29) is 12.0 Å². The molecule has 1 fully saturated rings. The van der Waals surface area contributed by atoms with Gasteiger partial charge >= 0.3 is 0 Å². The lowest BCUT2D eigenvalue weighted by atomic mass is 9.95. The molecule has 2 atom stereocenters. The Hall–Kier alpha value is -0.190. The fraction of sp³-hybridized carbons (Fsp3) is 0.833. The Balaban J connectivity index is 2.47. The summed E-state index contributed by atoms with van der Waals surface area (Å²) in [4.78, 5) is 0.439. The van der Waals surface area contributed by atoms with E-state index >= 15 is 0 Å². The minimum atomic E-state index is -0.383. The predicted octanol–water partition coefficient (Wildman–Crippen LogP) is -0.757. The van der Waals surface area contributed by atoms with E-state index in [0.29, 0.717) is 11.5 Å². The molecule has 0 aromatic rings. The van der Waals surface area contributed by atoms with Crippen LogP contribution in [-0.4, -0.2) is 29.3 Å². The van der Waals surface area contributed by atoms with Crippen LogP contribution in [0.5, 0.6) is 0 Å². The first-order valence-electron chi connectivity index (χ1n) is 3.40. The molecule has 1 saturated heterocycles. The summed E-state index contributed by atoms with van der Waals surface area (Å²) >= 11 is 4.78. The van der Waals surface area contributed by atoms with E-state index in [4.69, 9.17) is 18.0 Å². The molecule has 1 heterocycles. The number of rotatable bonds is 1. The molecular formula is C6H12N2OS. The first-order valence-corrected chi connectivity index (χ1v) is 3.80. The molecule has 0 aromatic heterocycles. The summed E-state index contributed by atoms with van der Waals surface area (Å²) in [5.74, 6) is 0.0243. The van der Waals surface area contributed by atoms with Gasteiger partial charge in [0.2, 0.25) is 0 Å².